The minimum atomic E-state index is -0.0916. The molecule has 0 bridgehead atoms. The standard InChI is InChI=1S/C36H27N/c1-36(2)33-22-26(15-16-31(33)32-21-27-14-9-17-37-35(27)23-34(32)36)30-19-28(24-10-5-3-6-11-24)18-29(20-30)25-12-7-4-8-13-25/h3-23H,1-2H3. The molecule has 1 nitrogen and oxygen atoms in total. The highest BCUT2D eigenvalue weighted by atomic mass is 14.6. The molecule has 6 aromatic rings. The van der Waals surface area contributed by atoms with Gasteiger partial charge in [0.1, 0.15) is 0 Å². The van der Waals surface area contributed by atoms with Crippen molar-refractivity contribution in [2.45, 2.75) is 19.3 Å². The Bertz CT molecular complexity index is 1720. The summed E-state index contributed by atoms with van der Waals surface area (Å²) in [5, 5.41) is 1.19. The van der Waals surface area contributed by atoms with Crippen molar-refractivity contribution in [2.24, 2.45) is 0 Å². The van der Waals surface area contributed by atoms with Gasteiger partial charge in [-0.2, -0.15) is 0 Å². The van der Waals surface area contributed by atoms with Crippen LogP contribution in [0.4, 0.5) is 0 Å². The van der Waals surface area contributed by atoms with Gasteiger partial charge in [0.25, 0.3) is 0 Å². The Morgan fingerprint density at radius 2 is 1.05 bits per heavy atom. The molecule has 0 unspecified atom stereocenters. The average molecular weight is 474 g/mol. The smallest absolute Gasteiger partial charge is 0.0705 e. The number of nitrogens with zero attached hydrogens (tertiary/aromatic N) is 1. The molecule has 0 N–H and O–H groups in total. The third-order valence-electron chi connectivity index (χ3n) is 7.88. The van der Waals surface area contributed by atoms with Gasteiger partial charge in [0, 0.05) is 17.0 Å². The van der Waals surface area contributed by atoms with Crippen LogP contribution in [0.1, 0.15) is 25.0 Å². The third kappa shape index (κ3) is 3.58. The van der Waals surface area contributed by atoms with Gasteiger partial charge in [0.15, 0.2) is 0 Å². The van der Waals surface area contributed by atoms with Crippen molar-refractivity contribution in [3.05, 3.63) is 139 Å². The van der Waals surface area contributed by atoms with E-state index in [-0.39, 0.29) is 5.41 Å². The molecule has 1 heterocycles. The van der Waals surface area contributed by atoms with Crippen molar-refractivity contribution >= 4 is 10.9 Å². The van der Waals surface area contributed by atoms with E-state index < -0.39 is 0 Å². The molecule has 0 aliphatic heterocycles. The Kier molecular flexibility index (Phi) is 4.87. The molecular formula is C36H27N. The SMILES string of the molecule is CC1(C)c2cc(-c3cc(-c4ccccc4)cc(-c4ccccc4)c3)ccc2-c2cc3cccnc3cc21. The van der Waals surface area contributed by atoms with Crippen LogP contribution in [0.15, 0.2) is 128 Å². The van der Waals surface area contributed by atoms with E-state index >= 15 is 0 Å². The van der Waals surface area contributed by atoms with Gasteiger partial charge < -0.3 is 0 Å². The highest BCUT2D eigenvalue weighted by Crippen LogP contribution is 2.50. The van der Waals surface area contributed by atoms with Gasteiger partial charge in [-0.1, -0.05) is 92.7 Å². The van der Waals surface area contributed by atoms with Crippen LogP contribution in [0.5, 0.6) is 0 Å². The number of benzene rings is 5. The van der Waals surface area contributed by atoms with Crippen molar-refractivity contribution in [1.82, 2.24) is 4.98 Å². The van der Waals surface area contributed by atoms with Crippen molar-refractivity contribution < 1.29 is 0 Å². The maximum atomic E-state index is 4.63. The molecule has 0 amide bonds. The zero-order valence-electron chi connectivity index (χ0n) is 21.1. The van der Waals surface area contributed by atoms with Crippen molar-refractivity contribution in [3.63, 3.8) is 0 Å². The molecular weight excluding hydrogens is 446 g/mol. The second-order valence-corrected chi connectivity index (χ2v) is 10.5. The first-order valence-corrected chi connectivity index (χ1v) is 12.9. The number of pyridine rings is 1. The number of aromatic nitrogens is 1. The summed E-state index contributed by atoms with van der Waals surface area (Å²) in [5.74, 6) is 0. The van der Waals surface area contributed by atoms with E-state index in [0.29, 0.717) is 0 Å². The molecule has 37 heavy (non-hydrogen) atoms. The lowest BCUT2D eigenvalue weighted by molar-refractivity contribution is 0.661. The molecule has 5 aromatic carbocycles. The van der Waals surface area contributed by atoms with Gasteiger partial charge in [-0.3, -0.25) is 4.98 Å². The van der Waals surface area contributed by atoms with Crippen LogP contribution in [0.25, 0.3) is 55.4 Å². The summed E-state index contributed by atoms with van der Waals surface area (Å²) < 4.78 is 0. The highest BCUT2D eigenvalue weighted by Gasteiger charge is 2.36. The molecule has 0 saturated heterocycles. The quantitative estimate of drug-likeness (QED) is 0.249. The maximum Gasteiger partial charge on any atom is 0.0705 e. The normalized spacial score (nSPS) is 13.4. The fraction of sp³-hybridized carbons (Fsp3) is 0.0833. The molecule has 176 valence electrons. The Labute approximate surface area is 218 Å². The van der Waals surface area contributed by atoms with E-state index in [1.165, 1.54) is 61.0 Å². The van der Waals surface area contributed by atoms with Gasteiger partial charge in [-0.05, 0) is 98.1 Å². The summed E-state index contributed by atoms with van der Waals surface area (Å²) in [6.07, 6.45) is 1.88. The molecule has 0 spiro atoms. The summed E-state index contributed by atoms with van der Waals surface area (Å²) in [6.45, 7) is 4.68. The molecule has 0 fully saturated rings. The molecule has 0 saturated carbocycles. The van der Waals surface area contributed by atoms with E-state index in [9.17, 15) is 0 Å². The van der Waals surface area contributed by atoms with E-state index in [0.717, 1.165) is 5.52 Å². The predicted octanol–water partition coefficient (Wildman–Crippen LogP) is 9.54. The molecule has 1 heteroatoms. The molecule has 0 atom stereocenters. The van der Waals surface area contributed by atoms with Crippen molar-refractivity contribution in [1.29, 1.82) is 0 Å². The molecule has 1 aliphatic carbocycles. The third-order valence-corrected chi connectivity index (χ3v) is 7.88. The number of hydrogen-bond acceptors (Lipinski definition) is 1. The van der Waals surface area contributed by atoms with Gasteiger partial charge >= 0.3 is 0 Å². The van der Waals surface area contributed by atoms with E-state index in [1.54, 1.807) is 0 Å². The van der Waals surface area contributed by atoms with Gasteiger partial charge in [-0.15, -0.1) is 0 Å². The lowest BCUT2D eigenvalue weighted by Gasteiger charge is -2.22. The first-order valence-electron chi connectivity index (χ1n) is 12.9. The topological polar surface area (TPSA) is 12.9 Å². The lowest BCUT2D eigenvalue weighted by atomic mass is 9.81. The molecule has 7 rings (SSSR count). The van der Waals surface area contributed by atoms with Gasteiger partial charge in [0.2, 0.25) is 0 Å². The Hall–Kier alpha value is -4.49. The van der Waals surface area contributed by atoms with Crippen LogP contribution >= 0.6 is 0 Å². The number of fused-ring (bicyclic) bond motifs is 4. The number of hydrogen-bond donors (Lipinski definition) is 0. The first-order chi connectivity index (χ1) is 18.1. The zero-order valence-corrected chi connectivity index (χ0v) is 21.1. The Morgan fingerprint density at radius 1 is 0.459 bits per heavy atom. The van der Waals surface area contributed by atoms with Gasteiger partial charge in [-0.25, -0.2) is 0 Å². The van der Waals surface area contributed by atoms with Gasteiger partial charge in [0.05, 0.1) is 5.52 Å². The summed E-state index contributed by atoms with van der Waals surface area (Å²) in [7, 11) is 0. The summed E-state index contributed by atoms with van der Waals surface area (Å²) in [4.78, 5) is 4.63. The van der Waals surface area contributed by atoms with E-state index in [4.69, 9.17) is 0 Å². The Balaban J connectivity index is 1.41. The summed E-state index contributed by atoms with van der Waals surface area (Å²) in [5.41, 5.74) is 13.8. The predicted molar refractivity (Wildman–Crippen MR) is 156 cm³/mol. The van der Waals surface area contributed by atoms with Crippen LogP contribution in [-0.2, 0) is 5.41 Å². The van der Waals surface area contributed by atoms with Crippen LogP contribution in [0, 0.1) is 0 Å². The largest absolute Gasteiger partial charge is 0.256 e. The van der Waals surface area contributed by atoms with Crippen LogP contribution < -0.4 is 0 Å². The highest BCUT2D eigenvalue weighted by molar-refractivity contribution is 5.93. The first kappa shape index (κ1) is 21.8. The Morgan fingerprint density at radius 3 is 1.70 bits per heavy atom. The average Bonchev–Trinajstić information content (AvgIpc) is 3.18. The van der Waals surface area contributed by atoms with Crippen LogP contribution in [0.2, 0.25) is 0 Å². The minimum Gasteiger partial charge on any atom is -0.256 e. The monoisotopic (exact) mass is 473 g/mol. The van der Waals surface area contributed by atoms with E-state index in [2.05, 4.69) is 134 Å². The van der Waals surface area contributed by atoms with Crippen molar-refractivity contribution in [2.75, 3.05) is 0 Å². The lowest BCUT2D eigenvalue weighted by Crippen LogP contribution is -2.15. The second kappa shape index (κ2) is 8.28. The molecule has 1 aliphatic rings. The summed E-state index contributed by atoms with van der Waals surface area (Å²) >= 11 is 0. The molecule has 0 radical (unpaired) electrons. The van der Waals surface area contributed by atoms with E-state index in [1.807, 2.05) is 12.3 Å². The van der Waals surface area contributed by atoms with Crippen LogP contribution in [0.3, 0.4) is 0 Å². The minimum absolute atomic E-state index is 0.0916. The fourth-order valence-electron chi connectivity index (χ4n) is 5.87. The van der Waals surface area contributed by atoms with Crippen LogP contribution in [-0.4, -0.2) is 4.98 Å². The fourth-order valence-corrected chi connectivity index (χ4v) is 5.87. The zero-order chi connectivity index (χ0) is 25.0. The molecule has 1 aromatic heterocycles. The van der Waals surface area contributed by atoms with Crippen molar-refractivity contribution in [3.8, 4) is 44.5 Å². The summed E-state index contributed by atoms with van der Waals surface area (Å²) in [6, 6.07) is 44.1. The number of rotatable bonds is 3. The maximum absolute atomic E-state index is 4.63. The second-order valence-electron chi connectivity index (χ2n) is 10.5.